The van der Waals surface area contributed by atoms with Gasteiger partial charge >= 0.3 is 0 Å². The van der Waals surface area contributed by atoms with Crippen LogP contribution in [0.1, 0.15) is 59.8 Å². The van der Waals surface area contributed by atoms with E-state index in [2.05, 4.69) is 26.1 Å². The standard InChI is InChI=1S/C16H27NO2/c1-10-13(9-14(18)17-15(10)19)11-5-7-12(8-6-11)16(2,3)4/h10-13H,5-9H2,1-4H3,(H,17,18,19). The zero-order chi connectivity index (χ0) is 14.2. The molecule has 1 heterocycles. The largest absolute Gasteiger partial charge is 0.296 e. The van der Waals surface area contributed by atoms with Gasteiger partial charge in [0.25, 0.3) is 0 Å². The van der Waals surface area contributed by atoms with Crippen LogP contribution < -0.4 is 5.32 Å². The van der Waals surface area contributed by atoms with Crippen molar-refractivity contribution in [2.45, 2.75) is 59.8 Å². The van der Waals surface area contributed by atoms with E-state index in [1.54, 1.807) is 0 Å². The van der Waals surface area contributed by atoms with Crippen molar-refractivity contribution < 1.29 is 9.59 Å². The zero-order valence-corrected chi connectivity index (χ0v) is 12.7. The molecular weight excluding hydrogens is 238 g/mol. The van der Waals surface area contributed by atoms with E-state index in [-0.39, 0.29) is 23.7 Å². The van der Waals surface area contributed by atoms with Crippen LogP contribution in [0.15, 0.2) is 0 Å². The first-order chi connectivity index (χ1) is 8.79. The van der Waals surface area contributed by atoms with Gasteiger partial charge in [0, 0.05) is 12.3 Å². The molecule has 2 fully saturated rings. The van der Waals surface area contributed by atoms with Crippen molar-refractivity contribution in [3.05, 3.63) is 0 Å². The van der Waals surface area contributed by atoms with Gasteiger partial charge in [-0.15, -0.1) is 0 Å². The molecule has 1 N–H and O–H groups in total. The first-order valence-corrected chi connectivity index (χ1v) is 7.62. The van der Waals surface area contributed by atoms with Crippen LogP contribution in [0.25, 0.3) is 0 Å². The smallest absolute Gasteiger partial charge is 0.229 e. The summed E-state index contributed by atoms with van der Waals surface area (Å²) in [5, 5.41) is 2.45. The molecule has 2 atom stereocenters. The van der Waals surface area contributed by atoms with E-state index in [1.165, 1.54) is 25.7 Å². The molecular formula is C16H27NO2. The lowest BCUT2D eigenvalue weighted by Crippen LogP contribution is -2.47. The van der Waals surface area contributed by atoms with Gasteiger partial charge < -0.3 is 0 Å². The minimum absolute atomic E-state index is 0.00566. The second-order valence-corrected chi connectivity index (χ2v) is 7.55. The Labute approximate surface area is 116 Å². The monoisotopic (exact) mass is 265 g/mol. The van der Waals surface area contributed by atoms with Crippen LogP contribution in [-0.4, -0.2) is 11.8 Å². The number of piperidine rings is 1. The number of rotatable bonds is 1. The zero-order valence-electron chi connectivity index (χ0n) is 12.7. The number of imide groups is 1. The van der Waals surface area contributed by atoms with E-state index >= 15 is 0 Å². The van der Waals surface area contributed by atoms with Crippen molar-refractivity contribution in [2.24, 2.45) is 29.1 Å². The summed E-state index contributed by atoms with van der Waals surface area (Å²) < 4.78 is 0. The summed E-state index contributed by atoms with van der Waals surface area (Å²) >= 11 is 0. The lowest BCUT2D eigenvalue weighted by atomic mass is 9.64. The Balaban J connectivity index is 1.97. The predicted octanol–water partition coefficient (Wildman–Crippen LogP) is 3.14. The highest BCUT2D eigenvalue weighted by molar-refractivity contribution is 5.98. The quantitative estimate of drug-likeness (QED) is 0.740. The van der Waals surface area contributed by atoms with Crippen LogP contribution in [-0.2, 0) is 9.59 Å². The first-order valence-electron chi connectivity index (χ1n) is 7.62. The third kappa shape index (κ3) is 3.18. The van der Waals surface area contributed by atoms with Crippen LogP contribution in [0.3, 0.4) is 0 Å². The van der Waals surface area contributed by atoms with Gasteiger partial charge in [-0.3, -0.25) is 14.9 Å². The van der Waals surface area contributed by atoms with Crippen molar-refractivity contribution in [2.75, 3.05) is 0 Å². The summed E-state index contributed by atoms with van der Waals surface area (Å²) in [7, 11) is 0. The molecule has 2 aliphatic rings. The van der Waals surface area contributed by atoms with Gasteiger partial charge in [0.2, 0.25) is 11.8 Å². The lowest BCUT2D eigenvalue weighted by molar-refractivity contribution is -0.140. The molecule has 0 radical (unpaired) electrons. The Morgan fingerprint density at radius 1 is 1.05 bits per heavy atom. The van der Waals surface area contributed by atoms with E-state index in [9.17, 15) is 9.59 Å². The molecule has 19 heavy (non-hydrogen) atoms. The second-order valence-electron chi connectivity index (χ2n) is 7.55. The van der Waals surface area contributed by atoms with Crippen LogP contribution in [0.4, 0.5) is 0 Å². The second kappa shape index (κ2) is 5.26. The minimum Gasteiger partial charge on any atom is -0.296 e. The first kappa shape index (κ1) is 14.5. The van der Waals surface area contributed by atoms with Crippen molar-refractivity contribution in [3.63, 3.8) is 0 Å². The highest BCUT2D eigenvalue weighted by Gasteiger charge is 2.40. The number of carbonyl (C=O) groups is 2. The predicted molar refractivity (Wildman–Crippen MR) is 75.3 cm³/mol. The summed E-state index contributed by atoms with van der Waals surface area (Å²) in [6.07, 6.45) is 5.38. The summed E-state index contributed by atoms with van der Waals surface area (Å²) in [6.45, 7) is 8.93. The Morgan fingerprint density at radius 2 is 1.63 bits per heavy atom. The number of hydrogen-bond donors (Lipinski definition) is 1. The fraction of sp³-hybridized carbons (Fsp3) is 0.875. The van der Waals surface area contributed by atoms with Crippen molar-refractivity contribution in [3.8, 4) is 0 Å². The van der Waals surface area contributed by atoms with Crippen LogP contribution in [0.5, 0.6) is 0 Å². The Bertz CT molecular complexity index is 361. The SMILES string of the molecule is CC1C(=O)NC(=O)CC1C1CCC(C(C)(C)C)CC1. The van der Waals surface area contributed by atoms with E-state index in [1.807, 2.05) is 6.92 Å². The van der Waals surface area contributed by atoms with Gasteiger partial charge in [0.05, 0.1) is 0 Å². The molecule has 108 valence electrons. The maximum atomic E-state index is 11.7. The molecule has 0 aromatic rings. The Kier molecular flexibility index (Phi) is 4.03. The normalized spacial score (nSPS) is 37.1. The maximum Gasteiger partial charge on any atom is 0.229 e. The van der Waals surface area contributed by atoms with Gasteiger partial charge in [-0.25, -0.2) is 0 Å². The molecule has 0 bridgehead atoms. The number of hydrogen-bond acceptors (Lipinski definition) is 2. The molecule has 1 saturated carbocycles. The molecule has 2 rings (SSSR count). The van der Waals surface area contributed by atoms with Gasteiger partial charge in [0.15, 0.2) is 0 Å². The van der Waals surface area contributed by atoms with Crippen LogP contribution in [0, 0.1) is 29.1 Å². The third-order valence-corrected chi connectivity index (χ3v) is 5.34. The topological polar surface area (TPSA) is 46.2 Å². The maximum absolute atomic E-state index is 11.7. The van der Waals surface area contributed by atoms with Crippen molar-refractivity contribution in [1.82, 2.24) is 5.32 Å². The Hall–Kier alpha value is -0.860. The van der Waals surface area contributed by atoms with E-state index in [4.69, 9.17) is 0 Å². The highest BCUT2D eigenvalue weighted by Crippen LogP contribution is 2.44. The van der Waals surface area contributed by atoms with Crippen molar-refractivity contribution in [1.29, 1.82) is 0 Å². The number of nitrogens with one attached hydrogen (secondary N) is 1. The van der Waals surface area contributed by atoms with Gasteiger partial charge in [-0.2, -0.15) is 0 Å². The number of carbonyl (C=O) groups excluding carboxylic acids is 2. The lowest BCUT2D eigenvalue weighted by Gasteiger charge is -2.41. The summed E-state index contributed by atoms with van der Waals surface area (Å²) in [4.78, 5) is 23.3. The molecule has 0 aromatic carbocycles. The van der Waals surface area contributed by atoms with E-state index < -0.39 is 0 Å². The Morgan fingerprint density at radius 3 is 2.16 bits per heavy atom. The fourth-order valence-electron chi connectivity index (χ4n) is 3.88. The molecule has 2 amide bonds. The molecule has 3 nitrogen and oxygen atoms in total. The molecule has 3 heteroatoms. The highest BCUT2D eigenvalue weighted by atomic mass is 16.2. The van der Waals surface area contributed by atoms with Gasteiger partial charge in [0.1, 0.15) is 0 Å². The molecule has 1 aliphatic carbocycles. The van der Waals surface area contributed by atoms with Gasteiger partial charge in [-0.1, -0.05) is 27.7 Å². The molecule has 1 saturated heterocycles. The number of amides is 2. The van der Waals surface area contributed by atoms with Crippen LogP contribution in [0.2, 0.25) is 0 Å². The average molecular weight is 265 g/mol. The molecule has 0 aromatic heterocycles. The minimum atomic E-state index is -0.0777. The van der Waals surface area contributed by atoms with Gasteiger partial charge in [-0.05, 0) is 48.9 Å². The average Bonchev–Trinajstić information content (AvgIpc) is 2.33. The third-order valence-electron chi connectivity index (χ3n) is 5.34. The molecule has 0 spiro atoms. The van der Waals surface area contributed by atoms with Crippen LogP contribution >= 0.6 is 0 Å². The molecule has 2 unspecified atom stereocenters. The van der Waals surface area contributed by atoms with E-state index in [0.29, 0.717) is 17.8 Å². The summed E-state index contributed by atoms with van der Waals surface area (Å²) in [5.74, 6) is 1.46. The van der Waals surface area contributed by atoms with Crippen molar-refractivity contribution >= 4 is 11.8 Å². The fourth-order valence-corrected chi connectivity index (χ4v) is 3.88. The molecule has 1 aliphatic heterocycles. The summed E-state index contributed by atoms with van der Waals surface area (Å²) in [6, 6.07) is 0. The summed E-state index contributed by atoms with van der Waals surface area (Å²) in [5.41, 5.74) is 0.385. The van der Waals surface area contributed by atoms with E-state index in [0.717, 1.165) is 5.92 Å².